The number of aryl methyl sites for hydroxylation is 2. The number of rotatable bonds is 4. The molecule has 0 unspecified atom stereocenters. The Balaban J connectivity index is 1.64. The number of amides is 1. The summed E-state index contributed by atoms with van der Waals surface area (Å²) < 4.78 is 0. The summed E-state index contributed by atoms with van der Waals surface area (Å²) in [5.74, 6) is 0.986. The number of anilines is 1. The molecule has 0 aliphatic carbocycles. The molecule has 1 aliphatic heterocycles. The Morgan fingerprint density at radius 3 is 2.70 bits per heavy atom. The molecule has 1 amide bonds. The highest BCUT2D eigenvalue weighted by molar-refractivity contribution is 7.13. The molecule has 0 saturated carbocycles. The zero-order chi connectivity index (χ0) is 16.2. The van der Waals surface area contributed by atoms with Crippen LogP contribution in [0.4, 0.5) is 5.82 Å². The third-order valence-electron chi connectivity index (χ3n) is 3.94. The van der Waals surface area contributed by atoms with Gasteiger partial charge in [-0.15, -0.1) is 11.3 Å². The molecule has 7 heteroatoms. The van der Waals surface area contributed by atoms with Crippen molar-refractivity contribution in [2.24, 2.45) is 0 Å². The van der Waals surface area contributed by atoms with Gasteiger partial charge in [-0.05, 0) is 19.8 Å². The van der Waals surface area contributed by atoms with Gasteiger partial charge in [-0.25, -0.2) is 9.97 Å². The van der Waals surface area contributed by atoms with Crippen molar-refractivity contribution in [3.8, 4) is 0 Å². The first-order valence-electron chi connectivity index (χ1n) is 7.95. The van der Waals surface area contributed by atoms with Crippen LogP contribution in [0.3, 0.4) is 0 Å². The van der Waals surface area contributed by atoms with Crippen LogP contribution in [0.5, 0.6) is 0 Å². The zero-order valence-electron chi connectivity index (χ0n) is 13.5. The summed E-state index contributed by atoms with van der Waals surface area (Å²) in [7, 11) is 0. The zero-order valence-corrected chi connectivity index (χ0v) is 14.3. The maximum Gasteiger partial charge on any atom is 0.265 e. The van der Waals surface area contributed by atoms with Gasteiger partial charge >= 0.3 is 0 Å². The van der Waals surface area contributed by atoms with Crippen LogP contribution in [0, 0.1) is 6.92 Å². The Labute approximate surface area is 140 Å². The number of nitrogens with zero attached hydrogens (tertiary/aromatic N) is 5. The summed E-state index contributed by atoms with van der Waals surface area (Å²) in [6.45, 7) is 7.03. The van der Waals surface area contributed by atoms with E-state index in [9.17, 15) is 4.79 Å². The molecule has 1 saturated heterocycles. The van der Waals surface area contributed by atoms with Gasteiger partial charge in [0.25, 0.3) is 5.91 Å². The summed E-state index contributed by atoms with van der Waals surface area (Å²) in [6, 6.07) is 0. The monoisotopic (exact) mass is 331 g/mol. The van der Waals surface area contributed by atoms with Crippen LogP contribution < -0.4 is 4.90 Å². The van der Waals surface area contributed by atoms with E-state index in [-0.39, 0.29) is 5.91 Å². The predicted molar refractivity (Wildman–Crippen MR) is 91.0 cm³/mol. The second kappa shape index (κ2) is 7.04. The number of hydrogen-bond acceptors (Lipinski definition) is 6. The lowest BCUT2D eigenvalue weighted by atomic mass is 10.2. The average molecular weight is 331 g/mol. The minimum Gasteiger partial charge on any atom is -0.352 e. The number of thiazole rings is 1. The summed E-state index contributed by atoms with van der Waals surface area (Å²) in [5.41, 5.74) is 0.861. The van der Waals surface area contributed by atoms with Gasteiger partial charge < -0.3 is 9.80 Å². The molecule has 0 bridgehead atoms. The topological polar surface area (TPSA) is 62.2 Å². The minimum atomic E-state index is 0.112. The van der Waals surface area contributed by atoms with E-state index >= 15 is 0 Å². The Morgan fingerprint density at radius 2 is 2.04 bits per heavy atom. The van der Waals surface area contributed by atoms with Gasteiger partial charge in [-0.1, -0.05) is 6.92 Å². The summed E-state index contributed by atoms with van der Waals surface area (Å²) >= 11 is 1.54. The molecule has 2 aromatic rings. The van der Waals surface area contributed by atoms with Crippen molar-refractivity contribution in [1.82, 2.24) is 19.9 Å². The van der Waals surface area contributed by atoms with Gasteiger partial charge in [0.1, 0.15) is 10.7 Å². The molecular weight excluding hydrogens is 310 g/mol. The Kier molecular flexibility index (Phi) is 4.85. The molecule has 0 radical (unpaired) electrons. The second-order valence-corrected chi connectivity index (χ2v) is 6.70. The first-order chi connectivity index (χ1) is 11.2. The van der Waals surface area contributed by atoms with E-state index in [1.54, 1.807) is 29.9 Å². The maximum atomic E-state index is 12.7. The molecule has 1 aliphatic rings. The fourth-order valence-electron chi connectivity index (χ4n) is 2.71. The summed E-state index contributed by atoms with van der Waals surface area (Å²) in [5, 5.41) is 1.06. The van der Waals surface area contributed by atoms with Gasteiger partial charge in [0.05, 0.1) is 16.9 Å². The van der Waals surface area contributed by atoms with Crippen LogP contribution >= 0.6 is 11.3 Å². The molecular formula is C16H21N5OS. The quantitative estimate of drug-likeness (QED) is 0.859. The lowest BCUT2D eigenvalue weighted by Gasteiger charge is -2.35. The van der Waals surface area contributed by atoms with Gasteiger partial charge in [0.2, 0.25) is 0 Å². The van der Waals surface area contributed by atoms with Gasteiger partial charge in [-0.2, -0.15) is 0 Å². The normalized spacial score (nSPS) is 15.0. The molecule has 122 valence electrons. The van der Waals surface area contributed by atoms with E-state index in [4.69, 9.17) is 0 Å². The molecule has 23 heavy (non-hydrogen) atoms. The lowest BCUT2D eigenvalue weighted by Crippen LogP contribution is -2.49. The van der Waals surface area contributed by atoms with E-state index < -0.39 is 0 Å². The highest BCUT2D eigenvalue weighted by Crippen LogP contribution is 2.22. The third-order valence-corrected chi connectivity index (χ3v) is 5.14. The van der Waals surface area contributed by atoms with Crippen molar-refractivity contribution in [3.63, 3.8) is 0 Å². The number of hydrogen-bond donors (Lipinski definition) is 0. The predicted octanol–water partition coefficient (Wildman–Crippen LogP) is 2.16. The Hall–Kier alpha value is -2.02. The van der Waals surface area contributed by atoms with E-state index in [0.717, 1.165) is 47.3 Å². The molecule has 1 fully saturated rings. The molecule has 3 heterocycles. The van der Waals surface area contributed by atoms with Crippen molar-refractivity contribution in [2.75, 3.05) is 31.1 Å². The van der Waals surface area contributed by atoms with E-state index in [1.807, 2.05) is 11.8 Å². The standard InChI is InChI=1S/C16H21N5OS/c1-3-4-14-19-12(2)15(23-14)16(22)21-9-7-20(8-10-21)13-11-17-5-6-18-13/h5-6,11H,3-4,7-10H2,1-2H3. The summed E-state index contributed by atoms with van der Waals surface area (Å²) in [4.78, 5) is 30.6. The molecule has 2 aromatic heterocycles. The van der Waals surface area contributed by atoms with E-state index in [2.05, 4.69) is 26.8 Å². The Morgan fingerprint density at radius 1 is 1.26 bits per heavy atom. The Bertz CT molecular complexity index is 664. The fraction of sp³-hybridized carbons (Fsp3) is 0.500. The number of carbonyl (C=O) groups excluding carboxylic acids is 1. The van der Waals surface area contributed by atoms with Gasteiger partial charge in [0, 0.05) is 38.6 Å². The highest BCUT2D eigenvalue weighted by Gasteiger charge is 2.25. The SMILES string of the molecule is CCCc1nc(C)c(C(=O)N2CCN(c3cnccn3)CC2)s1. The molecule has 0 spiro atoms. The average Bonchev–Trinajstić information content (AvgIpc) is 2.96. The molecule has 6 nitrogen and oxygen atoms in total. The number of aromatic nitrogens is 3. The highest BCUT2D eigenvalue weighted by atomic mass is 32.1. The third kappa shape index (κ3) is 3.50. The number of piperazine rings is 1. The van der Waals surface area contributed by atoms with Crippen LogP contribution in [0.2, 0.25) is 0 Å². The van der Waals surface area contributed by atoms with Crippen LogP contribution in [-0.4, -0.2) is 51.9 Å². The lowest BCUT2D eigenvalue weighted by molar-refractivity contribution is 0.0750. The molecule has 0 atom stereocenters. The van der Waals surface area contributed by atoms with Gasteiger partial charge in [-0.3, -0.25) is 9.78 Å². The van der Waals surface area contributed by atoms with Crippen LogP contribution in [0.25, 0.3) is 0 Å². The van der Waals surface area contributed by atoms with E-state index in [1.165, 1.54) is 0 Å². The van der Waals surface area contributed by atoms with Crippen molar-refractivity contribution < 1.29 is 4.79 Å². The van der Waals surface area contributed by atoms with Crippen molar-refractivity contribution in [3.05, 3.63) is 34.2 Å². The molecule has 0 N–H and O–H groups in total. The maximum absolute atomic E-state index is 12.7. The molecule has 0 aromatic carbocycles. The van der Waals surface area contributed by atoms with Gasteiger partial charge in [0.15, 0.2) is 0 Å². The largest absolute Gasteiger partial charge is 0.352 e. The first kappa shape index (κ1) is 15.9. The fourth-order valence-corrected chi connectivity index (χ4v) is 3.84. The summed E-state index contributed by atoms with van der Waals surface area (Å²) in [6.07, 6.45) is 7.13. The van der Waals surface area contributed by atoms with Crippen LogP contribution in [0.15, 0.2) is 18.6 Å². The smallest absolute Gasteiger partial charge is 0.265 e. The van der Waals surface area contributed by atoms with Crippen LogP contribution in [-0.2, 0) is 6.42 Å². The molecule has 3 rings (SSSR count). The minimum absolute atomic E-state index is 0.112. The van der Waals surface area contributed by atoms with Crippen LogP contribution in [0.1, 0.15) is 33.7 Å². The first-order valence-corrected chi connectivity index (χ1v) is 8.77. The van der Waals surface area contributed by atoms with Crippen molar-refractivity contribution in [2.45, 2.75) is 26.7 Å². The van der Waals surface area contributed by atoms with Crippen molar-refractivity contribution >= 4 is 23.1 Å². The van der Waals surface area contributed by atoms with E-state index in [0.29, 0.717) is 13.1 Å². The van der Waals surface area contributed by atoms with Crippen molar-refractivity contribution in [1.29, 1.82) is 0 Å². The second-order valence-electron chi connectivity index (χ2n) is 5.61. The number of carbonyl (C=O) groups is 1.